The van der Waals surface area contributed by atoms with E-state index in [1.807, 2.05) is 0 Å². The summed E-state index contributed by atoms with van der Waals surface area (Å²) in [6.45, 7) is 4.14. The molecule has 0 amide bonds. The van der Waals surface area contributed by atoms with E-state index in [2.05, 4.69) is 13.8 Å². The summed E-state index contributed by atoms with van der Waals surface area (Å²) in [5, 5.41) is 8.89. The van der Waals surface area contributed by atoms with Crippen LogP contribution in [0.3, 0.4) is 0 Å². The van der Waals surface area contributed by atoms with Gasteiger partial charge in [0.1, 0.15) is 0 Å². The highest BCUT2D eigenvalue weighted by molar-refractivity contribution is 5.71. The van der Waals surface area contributed by atoms with Crippen LogP contribution in [0.2, 0.25) is 0 Å². The normalized spacial score (nSPS) is 35.8. The number of aliphatic carboxylic acids is 1. The number of hydrogen-bond acceptors (Lipinski definition) is 2. The molecule has 1 saturated carbocycles. The molecular weight excluding hydrogens is 154 g/mol. The maximum atomic E-state index is 10.8. The van der Waals surface area contributed by atoms with E-state index < -0.39 is 5.97 Å². The van der Waals surface area contributed by atoms with Gasteiger partial charge in [0.25, 0.3) is 0 Å². The SMILES string of the molecule is CC(C)[C@@H]1C[C@@H](N)C[C@H]1C(=O)O. The minimum absolute atomic E-state index is 0.0958. The molecule has 1 aliphatic rings. The van der Waals surface area contributed by atoms with Gasteiger partial charge in [-0.3, -0.25) is 4.79 Å². The quantitative estimate of drug-likeness (QED) is 0.653. The highest BCUT2D eigenvalue weighted by Crippen LogP contribution is 2.36. The Hall–Kier alpha value is -0.570. The molecule has 0 aliphatic heterocycles. The molecule has 0 aromatic heterocycles. The molecule has 3 N–H and O–H groups in total. The largest absolute Gasteiger partial charge is 0.481 e. The summed E-state index contributed by atoms with van der Waals surface area (Å²) >= 11 is 0. The Morgan fingerprint density at radius 1 is 1.50 bits per heavy atom. The van der Waals surface area contributed by atoms with Crippen molar-refractivity contribution in [1.82, 2.24) is 0 Å². The molecule has 0 saturated heterocycles. The average molecular weight is 171 g/mol. The van der Waals surface area contributed by atoms with E-state index in [1.165, 1.54) is 0 Å². The molecule has 0 unspecified atom stereocenters. The van der Waals surface area contributed by atoms with Crippen molar-refractivity contribution < 1.29 is 9.90 Å². The van der Waals surface area contributed by atoms with Crippen molar-refractivity contribution in [2.24, 2.45) is 23.5 Å². The van der Waals surface area contributed by atoms with Gasteiger partial charge in [-0.2, -0.15) is 0 Å². The van der Waals surface area contributed by atoms with E-state index in [4.69, 9.17) is 10.8 Å². The zero-order valence-corrected chi connectivity index (χ0v) is 7.66. The number of nitrogens with two attached hydrogens (primary N) is 1. The van der Waals surface area contributed by atoms with Crippen LogP contribution in [0.15, 0.2) is 0 Å². The maximum absolute atomic E-state index is 10.8. The molecule has 3 heteroatoms. The molecule has 0 spiro atoms. The zero-order valence-electron chi connectivity index (χ0n) is 7.66. The third kappa shape index (κ3) is 1.78. The first kappa shape index (κ1) is 9.52. The van der Waals surface area contributed by atoms with E-state index in [0.29, 0.717) is 12.3 Å². The van der Waals surface area contributed by atoms with Crippen LogP contribution in [0.5, 0.6) is 0 Å². The summed E-state index contributed by atoms with van der Waals surface area (Å²) < 4.78 is 0. The lowest BCUT2D eigenvalue weighted by Gasteiger charge is -2.18. The van der Waals surface area contributed by atoms with Gasteiger partial charge >= 0.3 is 5.97 Å². The van der Waals surface area contributed by atoms with Gasteiger partial charge in [0.15, 0.2) is 0 Å². The maximum Gasteiger partial charge on any atom is 0.306 e. The molecule has 1 rings (SSSR count). The van der Waals surface area contributed by atoms with Crippen molar-refractivity contribution in [2.45, 2.75) is 32.7 Å². The van der Waals surface area contributed by atoms with Crippen LogP contribution in [0, 0.1) is 17.8 Å². The minimum atomic E-state index is -0.679. The van der Waals surface area contributed by atoms with Gasteiger partial charge in [-0.15, -0.1) is 0 Å². The fraction of sp³-hybridized carbons (Fsp3) is 0.889. The average Bonchev–Trinajstić information content (AvgIpc) is 2.31. The summed E-state index contributed by atoms with van der Waals surface area (Å²) in [6.07, 6.45) is 1.52. The van der Waals surface area contributed by atoms with Crippen molar-refractivity contribution in [3.63, 3.8) is 0 Å². The van der Waals surface area contributed by atoms with Gasteiger partial charge < -0.3 is 10.8 Å². The Balaban J connectivity index is 2.65. The van der Waals surface area contributed by atoms with Crippen molar-refractivity contribution in [1.29, 1.82) is 0 Å². The molecule has 0 radical (unpaired) electrons. The first-order chi connectivity index (χ1) is 5.52. The number of carboxylic acids is 1. The Labute approximate surface area is 72.9 Å². The van der Waals surface area contributed by atoms with E-state index in [0.717, 1.165) is 6.42 Å². The summed E-state index contributed by atoms with van der Waals surface area (Å²) in [5.41, 5.74) is 5.73. The standard InChI is InChI=1S/C9H17NO2/c1-5(2)7-3-6(10)4-8(7)9(11)12/h5-8H,3-4,10H2,1-2H3,(H,11,12)/t6-,7+,8-/m1/s1. The number of carbonyl (C=O) groups is 1. The van der Waals surface area contributed by atoms with Gasteiger partial charge in [0, 0.05) is 6.04 Å². The minimum Gasteiger partial charge on any atom is -0.481 e. The first-order valence-electron chi connectivity index (χ1n) is 4.50. The lowest BCUT2D eigenvalue weighted by atomic mass is 9.86. The topological polar surface area (TPSA) is 63.3 Å². The Kier molecular flexibility index (Phi) is 2.73. The van der Waals surface area contributed by atoms with Gasteiger partial charge in [0.05, 0.1) is 5.92 Å². The predicted molar refractivity (Wildman–Crippen MR) is 46.7 cm³/mol. The molecule has 3 atom stereocenters. The molecule has 0 bridgehead atoms. The van der Waals surface area contributed by atoms with Crippen molar-refractivity contribution in [3.8, 4) is 0 Å². The zero-order chi connectivity index (χ0) is 9.30. The Morgan fingerprint density at radius 2 is 2.08 bits per heavy atom. The monoisotopic (exact) mass is 171 g/mol. The molecule has 0 aromatic carbocycles. The number of hydrogen-bond donors (Lipinski definition) is 2. The third-order valence-electron chi connectivity index (χ3n) is 2.82. The van der Waals surface area contributed by atoms with Crippen LogP contribution in [0.1, 0.15) is 26.7 Å². The van der Waals surface area contributed by atoms with Crippen molar-refractivity contribution >= 4 is 5.97 Å². The molecule has 70 valence electrons. The van der Waals surface area contributed by atoms with Gasteiger partial charge in [-0.1, -0.05) is 13.8 Å². The Morgan fingerprint density at radius 3 is 2.42 bits per heavy atom. The first-order valence-corrected chi connectivity index (χ1v) is 4.50. The van der Waals surface area contributed by atoms with Gasteiger partial charge in [-0.05, 0) is 24.7 Å². The molecular formula is C9H17NO2. The lowest BCUT2D eigenvalue weighted by Crippen LogP contribution is -2.22. The van der Waals surface area contributed by atoms with Crippen LogP contribution in [0.4, 0.5) is 0 Å². The van der Waals surface area contributed by atoms with Crippen LogP contribution >= 0.6 is 0 Å². The third-order valence-corrected chi connectivity index (χ3v) is 2.82. The smallest absolute Gasteiger partial charge is 0.306 e. The predicted octanol–water partition coefficient (Wildman–Crippen LogP) is 1.08. The van der Waals surface area contributed by atoms with Crippen molar-refractivity contribution in [3.05, 3.63) is 0 Å². The Bertz CT molecular complexity index is 179. The second kappa shape index (κ2) is 3.44. The van der Waals surface area contributed by atoms with E-state index in [9.17, 15) is 4.79 Å². The van der Waals surface area contributed by atoms with Crippen molar-refractivity contribution in [2.75, 3.05) is 0 Å². The van der Waals surface area contributed by atoms with E-state index in [1.54, 1.807) is 0 Å². The van der Waals surface area contributed by atoms with E-state index >= 15 is 0 Å². The fourth-order valence-electron chi connectivity index (χ4n) is 2.13. The summed E-state index contributed by atoms with van der Waals surface area (Å²) in [7, 11) is 0. The lowest BCUT2D eigenvalue weighted by molar-refractivity contribution is -0.143. The summed E-state index contributed by atoms with van der Waals surface area (Å²) in [4.78, 5) is 10.8. The molecule has 1 fully saturated rings. The highest BCUT2D eigenvalue weighted by Gasteiger charge is 2.38. The molecule has 1 aliphatic carbocycles. The molecule has 12 heavy (non-hydrogen) atoms. The second-order valence-corrected chi connectivity index (χ2v) is 4.08. The second-order valence-electron chi connectivity index (χ2n) is 4.08. The van der Waals surface area contributed by atoms with Crippen LogP contribution < -0.4 is 5.73 Å². The van der Waals surface area contributed by atoms with Crippen LogP contribution in [-0.4, -0.2) is 17.1 Å². The molecule has 3 nitrogen and oxygen atoms in total. The molecule has 0 aromatic rings. The highest BCUT2D eigenvalue weighted by atomic mass is 16.4. The van der Waals surface area contributed by atoms with Crippen LogP contribution in [0.25, 0.3) is 0 Å². The molecule has 0 heterocycles. The van der Waals surface area contributed by atoms with Gasteiger partial charge in [0.2, 0.25) is 0 Å². The fourth-order valence-corrected chi connectivity index (χ4v) is 2.13. The van der Waals surface area contributed by atoms with Crippen LogP contribution in [-0.2, 0) is 4.79 Å². The number of carboxylic acid groups (broad SMARTS) is 1. The summed E-state index contributed by atoms with van der Waals surface area (Å²) in [5.74, 6) is -0.182. The van der Waals surface area contributed by atoms with Gasteiger partial charge in [-0.25, -0.2) is 0 Å². The van der Waals surface area contributed by atoms with E-state index in [-0.39, 0.29) is 17.9 Å². The summed E-state index contributed by atoms with van der Waals surface area (Å²) in [6, 6.07) is 0.0958. The number of rotatable bonds is 2.